The van der Waals surface area contributed by atoms with Crippen molar-refractivity contribution in [1.82, 2.24) is 0 Å². The van der Waals surface area contributed by atoms with Crippen molar-refractivity contribution in [3.63, 3.8) is 0 Å². The molecule has 90 valence electrons. The zero-order valence-electron chi connectivity index (χ0n) is 11.1. The fourth-order valence-corrected chi connectivity index (χ4v) is 2.07. The van der Waals surface area contributed by atoms with Crippen LogP contribution < -0.4 is 10.5 Å². The van der Waals surface area contributed by atoms with Crippen LogP contribution in [0.4, 0.5) is 0 Å². The van der Waals surface area contributed by atoms with E-state index < -0.39 is 0 Å². The van der Waals surface area contributed by atoms with E-state index in [2.05, 4.69) is 33.8 Å². The first-order valence-electron chi connectivity index (χ1n) is 5.85. The van der Waals surface area contributed by atoms with Gasteiger partial charge < -0.3 is 10.5 Å². The minimum atomic E-state index is 0.495. The third-order valence-corrected chi connectivity index (χ3v) is 3.27. The van der Waals surface area contributed by atoms with Gasteiger partial charge in [0, 0.05) is 0 Å². The second kappa shape index (κ2) is 5.35. The molecule has 0 spiro atoms. The predicted octanol–water partition coefficient (Wildman–Crippen LogP) is 2.76. The highest BCUT2D eigenvalue weighted by Crippen LogP contribution is 2.31. The Morgan fingerprint density at radius 1 is 1.25 bits per heavy atom. The molecule has 0 aliphatic carbocycles. The molecular weight excluding hydrogens is 198 g/mol. The van der Waals surface area contributed by atoms with Gasteiger partial charge in [-0.15, -0.1) is 0 Å². The number of hydrogen-bond acceptors (Lipinski definition) is 2. The number of rotatable bonds is 4. The van der Waals surface area contributed by atoms with Crippen LogP contribution in [0, 0.1) is 26.7 Å². The molecule has 0 bridgehead atoms. The number of hydrogen-bond donors (Lipinski definition) is 1. The molecule has 1 unspecified atom stereocenters. The maximum atomic E-state index is 5.69. The van der Waals surface area contributed by atoms with Gasteiger partial charge in [0.15, 0.2) is 0 Å². The van der Waals surface area contributed by atoms with E-state index in [1.54, 1.807) is 7.11 Å². The van der Waals surface area contributed by atoms with Gasteiger partial charge in [-0.2, -0.15) is 0 Å². The molecule has 0 saturated carbocycles. The monoisotopic (exact) mass is 221 g/mol. The lowest BCUT2D eigenvalue weighted by Gasteiger charge is -2.18. The lowest BCUT2D eigenvalue weighted by molar-refractivity contribution is 0.401. The smallest absolute Gasteiger partial charge is 0.125 e. The minimum Gasteiger partial charge on any atom is -0.496 e. The summed E-state index contributed by atoms with van der Waals surface area (Å²) >= 11 is 0. The van der Waals surface area contributed by atoms with E-state index in [0.717, 1.165) is 18.7 Å². The summed E-state index contributed by atoms with van der Waals surface area (Å²) in [7, 11) is 1.75. The van der Waals surface area contributed by atoms with Crippen LogP contribution in [-0.2, 0) is 6.42 Å². The Bertz CT molecular complexity index is 371. The molecule has 1 aromatic carbocycles. The van der Waals surface area contributed by atoms with Gasteiger partial charge in [0.2, 0.25) is 0 Å². The van der Waals surface area contributed by atoms with Gasteiger partial charge in [0.1, 0.15) is 5.75 Å². The zero-order chi connectivity index (χ0) is 12.3. The van der Waals surface area contributed by atoms with Crippen molar-refractivity contribution < 1.29 is 4.74 Å². The number of aryl methyl sites for hydroxylation is 2. The first kappa shape index (κ1) is 13.0. The van der Waals surface area contributed by atoms with Gasteiger partial charge in [0.25, 0.3) is 0 Å². The first-order valence-corrected chi connectivity index (χ1v) is 5.85. The van der Waals surface area contributed by atoms with E-state index in [0.29, 0.717) is 5.92 Å². The van der Waals surface area contributed by atoms with Crippen molar-refractivity contribution >= 4 is 0 Å². The summed E-state index contributed by atoms with van der Waals surface area (Å²) in [5.41, 5.74) is 10.8. The molecule has 2 heteroatoms. The summed E-state index contributed by atoms with van der Waals surface area (Å²) < 4.78 is 5.54. The van der Waals surface area contributed by atoms with E-state index in [1.807, 2.05) is 0 Å². The highest BCUT2D eigenvalue weighted by atomic mass is 16.5. The Kier molecular flexibility index (Phi) is 4.36. The Balaban J connectivity index is 3.20. The van der Waals surface area contributed by atoms with Gasteiger partial charge in [-0.1, -0.05) is 13.0 Å². The number of ether oxygens (including phenoxy) is 1. The number of benzene rings is 1. The van der Waals surface area contributed by atoms with Crippen LogP contribution in [0.3, 0.4) is 0 Å². The molecule has 0 aromatic heterocycles. The highest BCUT2D eigenvalue weighted by molar-refractivity contribution is 5.49. The molecule has 0 amide bonds. The standard InChI is InChI=1S/C14H23NO/c1-9(8-15)6-13-11(3)7-10(2)12(4)14(13)16-5/h7,9H,6,8,15H2,1-5H3. The van der Waals surface area contributed by atoms with Gasteiger partial charge in [0.05, 0.1) is 7.11 Å². The van der Waals surface area contributed by atoms with Crippen molar-refractivity contribution in [2.45, 2.75) is 34.1 Å². The Hall–Kier alpha value is -1.02. The van der Waals surface area contributed by atoms with Gasteiger partial charge in [-0.05, 0) is 61.9 Å². The predicted molar refractivity (Wildman–Crippen MR) is 69.1 cm³/mol. The summed E-state index contributed by atoms with van der Waals surface area (Å²) in [5.74, 6) is 1.53. The SMILES string of the molecule is COc1c(C)c(C)cc(C)c1CC(C)CN. The molecule has 0 aliphatic heterocycles. The van der Waals surface area contributed by atoms with Gasteiger partial charge in [-0.25, -0.2) is 0 Å². The highest BCUT2D eigenvalue weighted by Gasteiger charge is 2.14. The average Bonchev–Trinajstić information content (AvgIpc) is 2.26. The van der Waals surface area contributed by atoms with Gasteiger partial charge in [-0.3, -0.25) is 0 Å². The van der Waals surface area contributed by atoms with Crippen LogP contribution in [0.5, 0.6) is 5.75 Å². The fraction of sp³-hybridized carbons (Fsp3) is 0.571. The summed E-state index contributed by atoms with van der Waals surface area (Å²) in [4.78, 5) is 0. The third-order valence-electron chi connectivity index (χ3n) is 3.27. The molecule has 2 N–H and O–H groups in total. The molecule has 0 saturated heterocycles. The van der Waals surface area contributed by atoms with Crippen molar-refractivity contribution in [3.05, 3.63) is 28.3 Å². The van der Waals surface area contributed by atoms with Crippen molar-refractivity contribution in [3.8, 4) is 5.75 Å². The summed E-state index contributed by atoms with van der Waals surface area (Å²) in [6.07, 6.45) is 0.993. The molecule has 1 aromatic rings. The summed E-state index contributed by atoms with van der Waals surface area (Å²) in [6, 6.07) is 2.23. The Labute approximate surface area is 98.8 Å². The summed E-state index contributed by atoms with van der Waals surface area (Å²) in [5, 5.41) is 0. The first-order chi connectivity index (χ1) is 7.51. The fourth-order valence-electron chi connectivity index (χ4n) is 2.07. The van der Waals surface area contributed by atoms with Crippen LogP contribution in [0.2, 0.25) is 0 Å². The molecule has 1 atom stereocenters. The number of nitrogens with two attached hydrogens (primary N) is 1. The molecule has 2 nitrogen and oxygen atoms in total. The second-order valence-electron chi connectivity index (χ2n) is 4.69. The lowest BCUT2D eigenvalue weighted by Crippen LogP contribution is -2.14. The van der Waals surface area contributed by atoms with E-state index in [9.17, 15) is 0 Å². The number of methoxy groups -OCH3 is 1. The van der Waals surface area contributed by atoms with Crippen LogP contribution in [0.15, 0.2) is 6.07 Å². The molecule has 1 rings (SSSR count). The summed E-state index contributed by atoms with van der Waals surface area (Å²) in [6.45, 7) is 9.28. The van der Waals surface area contributed by atoms with E-state index in [4.69, 9.17) is 10.5 Å². The van der Waals surface area contributed by atoms with Crippen LogP contribution in [-0.4, -0.2) is 13.7 Å². The molecular formula is C14H23NO. The Morgan fingerprint density at radius 2 is 1.88 bits per heavy atom. The second-order valence-corrected chi connectivity index (χ2v) is 4.69. The van der Waals surface area contributed by atoms with Crippen molar-refractivity contribution in [2.24, 2.45) is 11.7 Å². The van der Waals surface area contributed by atoms with E-state index >= 15 is 0 Å². The van der Waals surface area contributed by atoms with Crippen molar-refractivity contribution in [2.75, 3.05) is 13.7 Å². The molecule has 0 aliphatic rings. The maximum Gasteiger partial charge on any atom is 0.125 e. The molecule has 0 heterocycles. The van der Waals surface area contributed by atoms with E-state index in [1.165, 1.54) is 22.3 Å². The average molecular weight is 221 g/mol. The normalized spacial score (nSPS) is 12.6. The largest absolute Gasteiger partial charge is 0.496 e. The van der Waals surface area contributed by atoms with Crippen LogP contribution in [0.1, 0.15) is 29.2 Å². The quantitative estimate of drug-likeness (QED) is 0.848. The maximum absolute atomic E-state index is 5.69. The Morgan fingerprint density at radius 3 is 2.38 bits per heavy atom. The third kappa shape index (κ3) is 2.56. The van der Waals surface area contributed by atoms with E-state index in [-0.39, 0.29) is 0 Å². The lowest BCUT2D eigenvalue weighted by atomic mass is 9.92. The molecule has 0 fully saturated rings. The van der Waals surface area contributed by atoms with Gasteiger partial charge >= 0.3 is 0 Å². The van der Waals surface area contributed by atoms with Crippen LogP contribution >= 0.6 is 0 Å². The van der Waals surface area contributed by atoms with Crippen molar-refractivity contribution in [1.29, 1.82) is 0 Å². The molecule has 16 heavy (non-hydrogen) atoms. The topological polar surface area (TPSA) is 35.2 Å². The van der Waals surface area contributed by atoms with Crippen LogP contribution in [0.25, 0.3) is 0 Å². The zero-order valence-corrected chi connectivity index (χ0v) is 11.1. The minimum absolute atomic E-state index is 0.495. The molecule has 0 radical (unpaired) electrons.